The number of hydrogen-bond acceptors (Lipinski definition) is 7. The van der Waals surface area contributed by atoms with Crippen molar-refractivity contribution in [2.45, 2.75) is 31.1 Å². The Balaban J connectivity index is 1.70. The molecule has 2 heterocycles. The largest absolute Gasteiger partial charge is 0.463 e. The van der Waals surface area contributed by atoms with Crippen LogP contribution in [0.15, 0.2) is 46.7 Å². The molecule has 1 aromatic heterocycles. The number of halogens is 2. The fourth-order valence-electron chi connectivity index (χ4n) is 4.24. The molecule has 0 saturated heterocycles. The summed E-state index contributed by atoms with van der Waals surface area (Å²) >= 11 is 1.17. The van der Waals surface area contributed by atoms with Crippen LogP contribution in [0.3, 0.4) is 0 Å². The van der Waals surface area contributed by atoms with Gasteiger partial charge in [-0.3, -0.25) is 4.79 Å². The average Bonchev–Trinajstić information content (AvgIpc) is 3.40. The number of carbonyl (C=O) groups is 1. The molecule has 2 aromatic rings. The molecule has 0 amide bonds. The van der Waals surface area contributed by atoms with E-state index in [1.165, 1.54) is 55.4 Å². The summed E-state index contributed by atoms with van der Waals surface area (Å²) in [6, 6.07) is 4.18. The van der Waals surface area contributed by atoms with Crippen LogP contribution in [0.1, 0.15) is 37.6 Å². The fraction of sp³-hybridized carbons (Fsp3) is 0.250. The summed E-state index contributed by atoms with van der Waals surface area (Å²) in [6.45, 7) is 5.05. The molecule has 0 spiro atoms. The second-order valence-electron chi connectivity index (χ2n) is 7.83. The number of benzene rings is 1. The second kappa shape index (κ2) is 8.12. The number of ether oxygens (including phenoxy) is 1. The van der Waals surface area contributed by atoms with Crippen LogP contribution in [0, 0.1) is 18.2 Å². The van der Waals surface area contributed by atoms with Crippen molar-refractivity contribution in [3.05, 3.63) is 64.4 Å². The molecule has 0 bridgehead atoms. The number of carbonyl (C=O) groups excluding carboxylic acids is 1. The van der Waals surface area contributed by atoms with E-state index in [1.807, 2.05) is 6.92 Å². The van der Waals surface area contributed by atoms with E-state index >= 15 is 0 Å². The number of thioether (sulfide) groups is 1. The van der Waals surface area contributed by atoms with Crippen LogP contribution in [-0.4, -0.2) is 32.3 Å². The summed E-state index contributed by atoms with van der Waals surface area (Å²) in [4.78, 5) is 24.9. The summed E-state index contributed by atoms with van der Waals surface area (Å²) in [6.07, 6.45) is 8.81. The Labute approximate surface area is 194 Å². The number of terminal acetylenes is 1. The number of rotatable bonds is 6. The van der Waals surface area contributed by atoms with Gasteiger partial charge in [0.1, 0.15) is 21.8 Å². The van der Waals surface area contributed by atoms with E-state index in [4.69, 9.17) is 16.9 Å². The molecule has 168 valence electrons. The van der Waals surface area contributed by atoms with Crippen molar-refractivity contribution >= 4 is 34.6 Å². The van der Waals surface area contributed by atoms with Gasteiger partial charge in [0.05, 0.1) is 12.4 Å². The van der Waals surface area contributed by atoms with Gasteiger partial charge in [-0.25, -0.2) is 23.7 Å². The van der Waals surface area contributed by atoms with Gasteiger partial charge in [-0.2, -0.15) is 0 Å². The lowest BCUT2D eigenvalue weighted by Crippen LogP contribution is -2.38. The molecular formula is C24H20F2N4O2S. The lowest BCUT2D eigenvalue weighted by atomic mass is 9.85. The Morgan fingerprint density at radius 2 is 2.12 bits per heavy atom. The van der Waals surface area contributed by atoms with E-state index in [0.717, 1.165) is 11.1 Å². The molecular weight excluding hydrogens is 446 g/mol. The molecule has 0 saturated carbocycles. The molecule has 6 nitrogen and oxygen atoms in total. The van der Waals surface area contributed by atoms with Crippen LogP contribution in [-0.2, 0) is 10.3 Å². The quantitative estimate of drug-likeness (QED) is 0.511. The number of nitrogens with two attached hydrogens (primary N) is 1. The molecule has 33 heavy (non-hydrogen) atoms. The van der Waals surface area contributed by atoms with Crippen molar-refractivity contribution < 1.29 is 18.3 Å². The van der Waals surface area contributed by atoms with Crippen molar-refractivity contribution in [1.82, 2.24) is 9.97 Å². The Bertz CT molecular complexity index is 1300. The Hall–Kier alpha value is -3.51. The number of fused-ring (bicyclic) bond motifs is 1. The van der Waals surface area contributed by atoms with Gasteiger partial charge in [0.25, 0.3) is 0 Å². The van der Waals surface area contributed by atoms with Gasteiger partial charge in [-0.1, -0.05) is 23.7 Å². The molecule has 1 aliphatic heterocycles. The lowest BCUT2D eigenvalue weighted by Gasteiger charge is -2.33. The van der Waals surface area contributed by atoms with Crippen molar-refractivity contribution in [2.24, 2.45) is 10.7 Å². The van der Waals surface area contributed by atoms with Gasteiger partial charge in [-0.15, -0.1) is 6.42 Å². The van der Waals surface area contributed by atoms with Gasteiger partial charge in [0, 0.05) is 5.56 Å². The number of hydrogen-bond donors (Lipinski definition) is 1. The van der Waals surface area contributed by atoms with E-state index in [1.54, 1.807) is 6.92 Å². The molecule has 0 radical (unpaired) electrons. The molecule has 2 aliphatic rings. The van der Waals surface area contributed by atoms with Crippen molar-refractivity contribution in [3.63, 3.8) is 0 Å². The minimum Gasteiger partial charge on any atom is -0.463 e. The van der Waals surface area contributed by atoms with E-state index in [9.17, 15) is 13.6 Å². The van der Waals surface area contributed by atoms with Crippen molar-refractivity contribution in [1.29, 1.82) is 0 Å². The van der Waals surface area contributed by atoms with Gasteiger partial charge in [0.15, 0.2) is 23.4 Å². The molecule has 2 atom stereocenters. The first-order valence-electron chi connectivity index (χ1n) is 9.97. The summed E-state index contributed by atoms with van der Waals surface area (Å²) in [5, 5.41) is 0.197. The maximum absolute atomic E-state index is 15.0. The molecule has 2 N–H and O–H groups in total. The highest BCUT2D eigenvalue weighted by atomic mass is 32.2. The SMILES string of the molecule is C#CCOc1cnc(/C(F)=C/c2ccc(F)c([C@@]3(C)N=C(N)S[C@@]4(C(C)=O)C(C)=C43)c2)cn1. The highest BCUT2D eigenvalue weighted by molar-refractivity contribution is 8.16. The van der Waals surface area contributed by atoms with Crippen molar-refractivity contribution in [3.8, 4) is 18.2 Å². The first kappa shape index (κ1) is 22.7. The van der Waals surface area contributed by atoms with Crippen LogP contribution >= 0.6 is 11.8 Å². The predicted octanol–water partition coefficient (Wildman–Crippen LogP) is 4.03. The second-order valence-corrected chi connectivity index (χ2v) is 9.06. The number of amidine groups is 1. The van der Waals surface area contributed by atoms with E-state index in [2.05, 4.69) is 20.9 Å². The standard InChI is InChI=1S/C24H20F2N4O2S/c1-5-8-32-20-12-28-19(11-29-20)18(26)10-15-6-7-17(25)16(9-15)23(4)21-13(2)24(21,14(3)31)33-22(27)30-23/h1,6-7,9-12H,8H2,2-4H3,(H2,27,30)/b18-10-/t23-,24-/m1/s1. The number of Topliss-reactive ketones (excluding diaryl/α,β-unsaturated/α-hetero) is 1. The number of aliphatic imine (C=N–C) groups is 1. The maximum Gasteiger partial charge on any atom is 0.233 e. The predicted molar refractivity (Wildman–Crippen MR) is 124 cm³/mol. The highest BCUT2D eigenvalue weighted by Gasteiger charge is 2.65. The van der Waals surface area contributed by atoms with Gasteiger partial charge in [-0.05, 0) is 55.7 Å². The normalized spacial score (nSPS) is 24.0. The minimum absolute atomic E-state index is 0.0205. The van der Waals surface area contributed by atoms with Crippen molar-refractivity contribution in [2.75, 3.05) is 6.61 Å². The molecule has 9 heteroatoms. The smallest absolute Gasteiger partial charge is 0.233 e. The minimum atomic E-state index is -1.18. The Morgan fingerprint density at radius 1 is 1.36 bits per heavy atom. The van der Waals surface area contributed by atoms with E-state index in [-0.39, 0.29) is 34.7 Å². The summed E-state index contributed by atoms with van der Waals surface area (Å²) in [5.41, 5.74) is 6.97. The summed E-state index contributed by atoms with van der Waals surface area (Å²) in [7, 11) is 0. The van der Waals surface area contributed by atoms with Gasteiger partial charge < -0.3 is 10.5 Å². The van der Waals surface area contributed by atoms with Gasteiger partial charge in [0.2, 0.25) is 5.88 Å². The Kier molecular flexibility index (Phi) is 5.58. The van der Waals surface area contributed by atoms with Crippen LogP contribution in [0.4, 0.5) is 8.78 Å². The zero-order valence-electron chi connectivity index (χ0n) is 18.1. The number of nitrogens with zero attached hydrogens (tertiary/aromatic N) is 3. The zero-order chi connectivity index (χ0) is 24.0. The van der Waals surface area contributed by atoms with E-state index in [0.29, 0.717) is 5.56 Å². The third-order valence-corrected chi connectivity index (χ3v) is 7.16. The van der Waals surface area contributed by atoms with E-state index < -0.39 is 21.9 Å². The number of aromatic nitrogens is 2. The summed E-state index contributed by atoms with van der Waals surface area (Å²) < 4.78 is 34.1. The topological polar surface area (TPSA) is 90.5 Å². The zero-order valence-corrected chi connectivity index (χ0v) is 19.0. The molecule has 4 rings (SSSR count). The van der Waals surface area contributed by atoms with Crippen LogP contribution in [0.25, 0.3) is 11.9 Å². The van der Waals surface area contributed by atoms with Crippen LogP contribution in [0.5, 0.6) is 5.88 Å². The number of ketones is 1. The van der Waals surface area contributed by atoms with Gasteiger partial charge >= 0.3 is 0 Å². The van der Waals surface area contributed by atoms with Crippen LogP contribution < -0.4 is 10.5 Å². The average molecular weight is 467 g/mol. The maximum atomic E-state index is 15.0. The summed E-state index contributed by atoms with van der Waals surface area (Å²) in [5.74, 6) is 1.19. The first-order chi connectivity index (χ1) is 15.6. The molecule has 1 aromatic carbocycles. The molecule has 1 aliphatic carbocycles. The molecule has 0 fully saturated rings. The third kappa shape index (κ3) is 3.70. The fourth-order valence-corrected chi connectivity index (χ4v) is 5.58. The third-order valence-electron chi connectivity index (χ3n) is 5.75. The first-order valence-corrected chi connectivity index (χ1v) is 10.8. The molecule has 0 unspecified atom stereocenters. The lowest BCUT2D eigenvalue weighted by molar-refractivity contribution is -0.116. The monoisotopic (exact) mass is 466 g/mol. The highest BCUT2D eigenvalue weighted by Crippen LogP contribution is 2.65. The Morgan fingerprint density at radius 3 is 2.76 bits per heavy atom. The van der Waals surface area contributed by atoms with Crippen LogP contribution in [0.2, 0.25) is 0 Å².